The molecule has 82 valence electrons. The monoisotopic (exact) mass is 199 g/mol. The summed E-state index contributed by atoms with van der Waals surface area (Å²) in [6.07, 6.45) is 6.14. The minimum absolute atomic E-state index is 0.0896. The number of aliphatic hydroxyl groups is 1. The SMILES string of the molecule is OC1CCCN(CCC2CCCO2)C1. The van der Waals surface area contributed by atoms with Crippen molar-refractivity contribution in [3.05, 3.63) is 0 Å². The van der Waals surface area contributed by atoms with E-state index in [2.05, 4.69) is 4.90 Å². The normalized spacial score (nSPS) is 34.9. The van der Waals surface area contributed by atoms with Gasteiger partial charge in [0, 0.05) is 19.7 Å². The number of hydrogen-bond acceptors (Lipinski definition) is 3. The zero-order valence-corrected chi connectivity index (χ0v) is 8.82. The van der Waals surface area contributed by atoms with Gasteiger partial charge >= 0.3 is 0 Å². The number of aliphatic hydroxyl groups excluding tert-OH is 1. The average Bonchev–Trinajstić information content (AvgIpc) is 2.67. The van der Waals surface area contributed by atoms with Crippen LogP contribution in [-0.2, 0) is 4.74 Å². The molecule has 2 atom stereocenters. The zero-order chi connectivity index (χ0) is 9.80. The van der Waals surface area contributed by atoms with Gasteiger partial charge in [-0.3, -0.25) is 0 Å². The number of ether oxygens (including phenoxy) is 1. The molecule has 0 spiro atoms. The van der Waals surface area contributed by atoms with E-state index in [0.29, 0.717) is 6.10 Å². The van der Waals surface area contributed by atoms with Crippen molar-refractivity contribution < 1.29 is 9.84 Å². The Morgan fingerprint density at radius 1 is 1.29 bits per heavy atom. The molecule has 0 aromatic rings. The molecule has 2 aliphatic heterocycles. The van der Waals surface area contributed by atoms with E-state index in [1.807, 2.05) is 0 Å². The fourth-order valence-corrected chi connectivity index (χ4v) is 2.43. The van der Waals surface area contributed by atoms with Crippen LogP contribution in [0.3, 0.4) is 0 Å². The number of nitrogens with zero attached hydrogens (tertiary/aromatic N) is 1. The van der Waals surface area contributed by atoms with Gasteiger partial charge in [0.25, 0.3) is 0 Å². The predicted octanol–water partition coefficient (Wildman–Crippen LogP) is 1.01. The van der Waals surface area contributed by atoms with E-state index in [-0.39, 0.29) is 6.10 Å². The van der Waals surface area contributed by atoms with E-state index in [0.717, 1.165) is 45.5 Å². The Labute approximate surface area is 86.0 Å². The molecule has 3 nitrogen and oxygen atoms in total. The summed E-state index contributed by atoms with van der Waals surface area (Å²) in [7, 11) is 0. The van der Waals surface area contributed by atoms with Crippen molar-refractivity contribution in [3.8, 4) is 0 Å². The van der Waals surface area contributed by atoms with Crippen LogP contribution in [0.5, 0.6) is 0 Å². The lowest BCUT2D eigenvalue weighted by Crippen LogP contribution is -2.39. The van der Waals surface area contributed by atoms with Crippen LogP contribution in [0.2, 0.25) is 0 Å². The van der Waals surface area contributed by atoms with Gasteiger partial charge in [0.05, 0.1) is 12.2 Å². The van der Waals surface area contributed by atoms with Crippen LogP contribution >= 0.6 is 0 Å². The van der Waals surface area contributed by atoms with Crippen molar-refractivity contribution in [2.75, 3.05) is 26.2 Å². The molecule has 0 radical (unpaired) electrons. The summed E-state index contributed by atoms with van der Waals surface area (Å²) in [5.74, 6) is 0. The molecule has 14 heavy (non-hydrogen) atoms. The lowest BCUT2D eigenvalue weighted by Gasteiger charge is -2.30. The van der Waals surface area contributed by atoms with Gasteiger partial charge in [0.15, 0.2) is 0 Å². The van der Waals surface area contributed by atoms with Crippen molar-refractivity contribution in [1.29, 1.82) is 0 Å². The largest absolute Gasteiger partial charge is 0.392 e. The van der Waals surface area contributed by atoms with E-state index in [4.69, 9.17) is 4.74 Å². The molecule has 0 aromatic heterocycles. The first-order valence-corrected chi connectivity index (χ1v) is 5.86. The van der Waals surface area contributed by atoms with Crippen LogP contribution in [0.1, 0.15) is 32.1 Å². The molecular weight excluding hydrogens is 178 g/mol. The van der Waals surface area contributed by atoms with Crippen molar-refractivity contribution in [3.63, 3.8) is 0 Å². The summed E-state index contributed by atoms with van der Waals surface area (Å²) >= 11 is 0. The summed E-state index contributed by atoms with van der Waals surface area (Å²) in [4.78, 5) is 2.37. The van der Waals surface area contributed by atoms with Crippen molar-refractivity contribution in [1.82, 2.24) is 4.90 Å². The van der Waals surface area contributed by atoms with E-state index in [9.17, 15) is 5.11 Å². The van der Waals surface area contributed by atoms with Gasteiger partial charge in [0.2, 0.25) is 0 Å². The Morgan fingerprint density at radius 3 is 2.93 bits per heavy atom. The minimum atomic E-state index is -0.0896. The quantitative estimate of drug-likeness (QED) is 0.736. The molecule has 2 fully saturated rings. The minimum Gasteiger partial charge on any atom is -0.392 e. The van der Waals surface area contributed by atoms with Crippen LogP contribution in [0.25, 0.3) is 0 Å². The van der Waals surface area contributed by atoms with Gasteiger partial charge in [-0.15, -0.1) is 0 Å². The summed E-state index contributed by atoms with van der Waals surface area (Å²) in [5.41, 5.74) is 0. The van der Waals surface area contributed by atoms with Crippen LogP contribution in [-0.4, -0.2) is 48.5 Å². The van der Waals surface area contributed by atoms with Crippen LogP contribution in [0.4, 0.5) is 0 Å². The van der Waals surface area contributed by atoms with E-state index < -0.39 is 0 Å². The molecule has 2 unspecified atom stereocenters. The van der Waals surface area contributed by atoms with Gasteiger partial charge in [-0.2, -0.15) is 0 Å². The third-order valence-corrected chi connectivity index (χ3v) is 3.27. The molecule has 2 heterocycles. The van der Waals surface area contributed by atoms with E-state index in [1.165, 1.54) is 12.8 Å². The number of hydrogen-bond donors (Lipinski definition) is 1. The highest BCUT2D eigenvalue weighted by molar-refractivity contribution is 4.74. The average molecular weight is 199 g/mol. The first-order chi connectivity index (χ1) is 6.84. The third-order valence-electron chi connectivity index (χ3n) is 3.27. The van der Waals surface area contributed by atoms with Gasteiger partial charge in [-0.25, -0.2) is 0 Å². The van der Waals surface area contributed by atoms with Crippen LogP contribution < -0.4 is 0 Å². The fraction of sp³-hybridized carbons (Fsp3) is 1.00. The topological polar surface area (TPSA) is 32.7 Å². The maximum Gasteiger partial charge on any atom is 0.0667 e. The lowest BCUT2D eigenvalue weighted by molar-refractivity contribution is 0.0514. The van der Waals surface area contributed by atoms with Gasteiger partial charge in [0.1, 0.15) is 0 Å². The fourth-order valence-electron chi connectivity index (χ4n) is 2.43. The Morgan fingerprint density at radius 2 is 2.21 bits per heavy atom. The summed E-state index contributed by atoms with van der Waals surface area (Å²) in [5, 5.41) is 9.50. The second kappa shape index (κ2) is 5.10. The molecule has 0 aromatic carbocycles. The highest BCUT2D eigenvalue weighted by Gasteiger charge is 2.20. The van der Waals surface area contributed by atoms with Crippen molar-refractivity contribution in [2.24, 2.45) is 0 Å². The molecular formula is C11H21NO2. The standard InChI is InChI=1S/C11H21NO2/c13-10-3-1-6-12(9-10)7-5-11-4-2-8-14-11/h10-11,13H,1-9H2. The molecule has 2 rings (SSSR count). The maximum absolute atomic E-state index is 9.50. The first-order valence-electron chi connectivity index (χ1n) is 5.86. The highest BCUT2D eigenvalue weighted by atomic mass is 16.5. The third kappa shape index (κ3) is 2.94. The number of likely N-dealkylation sites (tertiary alicyclic amines) is 1. The Kier molecular flexibility index (Phi) is 3.79. The van der Waals surface area contributed by atoms with E-state index >= 15 is 0 Å². The van der Waals surface area contributed by atoms with Crippen LogP contribution in [0.15, 0.2) is 0 Å². The van der Waals surface area contributed by atoms with Crippen molar-refractivity contribution >= 4 is 0 Å². The summed E-state index contributed by atoms with van der Waals surface area (Å²) < 4.78 is 5.58. The van der Waals surface area contributed by atoms with Gasteiger partial charge < -0.3 is 14.7 Å². The lowest BCUT2D eigenvalue weighted by atomic mass is 10.1. The predicted molar refractivity (Wildman–Crippen MR) is 55.3 cm³/mol. The van der Waals surface area contributed by atoms with Crippen molar-refractivity contribution in [2.45, 2.75) is 44.3 Å². The molecule has 0 aliphatic carbocycles. The first kappa shape index (κ1) is 10.4. The molecule has 2 aliphatic rings. The molecule has 2 saturated heterocycles. The maximum atomic E-state index is 9.50. The Hall–Kier alpha value is -0.120. The molecule has 0 amide bonds. The number of rotatable bonds is 3. The van der Waals surface area contributed by atoms with E-state index in [1.54, 1.807) is 0 Å². The molecule has 3 heteroatoms. The highest BCUT2D eigenvalue weighted by Crippen LogP contribution is 2.17. The van der Waals surface area contributed by atoms with Crippen LogP contribution in [0, 0.1) is 0 Å². The second-order valence-corrected chi connectivity index (χ2v) is 4.52. The van der Waals surface area contributed by atoms with Gasteiger partial charge in [-0.1, -0.05) is 0 Å². The number of β-amino-alcohol motifs (C(OH)–C–C–N with tert-alkyl or cyclic N) is 1. The number of piperidine rings is 1. The smallest absolute Gasteiger partial charge is 0.0667 e. The Bertz CT molecular complexity index is 169. The summed E-state index contributed by atoms with van der Waals surface area (Å²) in [6.45, 7) is 4.07. The molecule has 1 N–H and O–H groups in total. The molecule has 0 bridgehead atoms. The zero-order valence-electron chi connectivity index (χ0n) is 8.82. The molecule has 0 saturated carbocycles. The van der Waals surface area contributed by atoms with Gasteiger partial charge in [-0.05, 0) is 38.6 Å². The summed E-state index contributed by atoms with van der Waals surface area (Å²) in [6, 6.07) is 0. The Balaban J connectivity index is 1.64. The second-order valence-electron chi connectivity index (χ2n) is 4.52.